The number of alkyl halides is 6. The Morgan fingerprint density at radius 3 is 1.89 bits per heavy atom. The van der Waals surface area contributed by atoms with Crippen molar-refractivity contribution in [1.82, 2.24) is 10.2 Å². The van der Waals surface area contributed by atoms with Gasteiger partial charge < -0.3 is 10.1 Å². The summed E-state index contributed by atoms with van der Waals surface area (Å²) in [5, 5.41) is 3.13. The molecule has 1 fully saturated rings. The molecule has 0 unspecified atom stereocenters. The smallest absolute Gasteiger partial charge is 0.416 e. The SMILES string of the molecule is COc1cc(C(F)(F)F)cc(C(F)(F)F)c1[C@@H](N1CCNCC1)C(C)(C)C.Cl. The zero-order valence-electron chi connectivity index (χ0n) is 16.1. The molecule has 28 heavy (non-hydrogen) atoms. The van der Waals surface area contributed by atoms with E-state index in [0.29, 0.717) is 32.2 Å². The molecule has 3 nitrogen and oxygen atoms in total. The van der Waals surface area contributed by atoms with E-state index in [1.165, 1.54) is 0 Å². The van der Waals surface area contributed by atoms with Gasteiger partial charge in [-0.15, -0.1) is 12.4 Å². The Morgan fingerprint density at radius 1 is 0.964 bits per heavy atom. The number of nitrogens with one attached hydrogen (secondary N) is 1. The lowest BCUT2D eigenvalue weighted by atomic mass is 9.78. The van der Waals surface area contributed by atoms with E-state index in [1.54, 1.807) is 20.8 Å². The third kappa shape index (κ3) is 5.45. The van der Waals surface area contributed by atoms with Crippen LogP contribution < -0.4 is 10.1 Å². The van der Waals surface area contributed by atoms with Gasteiger partial charge in [0.15, 0.2) is 0 Å². The van der Waals surface area contributed by atoms with Gasteiger partial charge in [-0.05, 0) is 17.5 Å². The summed E-state index contributed by atoms with van der Waals surface area (Å²) in [6.07, 6.45) is -9.85. The molecule has 1 aliphatic heterocycles. The van der Waals surface area contributed by atoms with Crippen LogP contribution in [0.15, 0.2) is 12.1 Å². The molecule has 1 aromatic rings. The maximum atomic E-state index is 13.8. The summed E-state index contributed by atoms with van der Waals surface area (Å²) in [7, 11) is 1.09. The number of hydrogen-bond donors (Lipinski definition) is 1. The van der Waals surface area contributed by atoms with Crippen LogP contribution in [0.4, 0.5) is 26.3 Å². The lowest BCUT2D eigenvalue weighted by Gasteiger charge is -2.44. The number of piperazine rings is 1. The average Bonchev–Trinajstić information content (AvgIpc) is 2.52. The van der Waals surface area contributed by atoms with Gasteiger partial charge in [0.25, 0.3) is 0 Å². The fourth-order valence-corrected chi connectivity index (χ4v) is 3.58. The Morgan fingerprint density at radius 2 is 1.50 bits per heavy atom. The van der Waals surface area contributed by atoms with Gasteiger partial charge in [-0.25, -0.2) is 0 Å². The molecule has 0 aliphatic carbocycles. The molecule has 0 aromatic heterocycles. The number of hydrogen-bond acceptors (Lipinski definition) is 3. The quantitative estimate of drug-likeness (QED) is 0.666. The fraction of sp³-hybridized carbons (Fsp3) is 0.667. The Labute approximate surface area is 166 Å². The summed E-state index contributed by atoms with van der Waals surface area (Å²) in [6.45, 7) is 7.49. The van der Waals surface area contributed by atoms with E-state index in [9.17, 15) is 26.3 Å². The van der Waals surface area contributed by atoms with E-state index in [2.05, 4.69) is 5.32 Å². The van der Waals surface area contributed by atoms with Crippen molar-refractivity contribution >= 4 is 12.4 Å². The van der Waals surface area contributed by atoms with E-state index in [1.807, 2.05) is 4.90 Å². The summed E-state index contributed by atoms with van der Waals surface area (Å²) >= 11 is 0. The zero-order valence-corrected chi connectivity index (χ0v) is 16.9. The lowest BCUT2D eigenvalue weighted by Crippen LogP contribution is -2.48. The molecular formula is C18H25ClF6N2O. The molecule has 2 rings (SSSR count). The fourth-order valence-electron chi connectivity index (χ4n) is 3.58. The van der Waals surface area contributed by atoms with E-state index in [0.717, 1.165) is 7.11 Å². The van der Waals surface area contributed by atoms with Gasteiger partial charge in [0.05, 0.1) is 18.2 Å². The van der Waals surface area contributed by atoms with Crippen molar-refractivity contribution in [3.8, 4) is 5.75 Å². The van der Waals surface area contributed by atoms with Crippen molar-refractivity contribution < 1.29 is 31.1 Å². The van der Waals surface area contributed by atoms with Gasteiger partial charge in [-0.2, -0.15) is 26.3 Å². The molecule has 0 saturated carbocycles. The summed E-state index contributed by atoms with van der Waals surface area (Å²) in [5.41, 5.74) is -3.58. The van der Waals surface area contributed by atoms with E-state index in [-0.39, 0.29) is 24.0 Å². The first-order valence-electron chi connectivity index (χ1n) is 8.58. The minimum atomic E-state index is -4.94. The Hall–Kier alpha value is -1.19. The molecule has 0 spiro atoms. The van der Waals surface area contributed by atoms with Crippen LogP contribution in [0.2, 0.25) is 0 Å². The maximum Gasteiger partial charge on any atom is 0.416 e. The Balaban J connectivity index is 0.00000392. The first-order valence-corrected chi connectivity index (χ1v) is 8.58. The van der Waals surface area contributed by atoms with Crippen LogP contribution in [0.1, 0.15) is 43.5 Å². The Kier molecular flexibility index (Phi) is 7.69. The zero-order chi connectivity index (χ0) is 20.6. The van der Waals surface area contributed by atoms with Crippen LogP contribution in [-0.2, 0) is 12.4 Å². The molecule has 1 aliphatic rings. The molecular weight excluding hydrogens is 410 g/mol. The molecule has 1 heterocycles. The minimum absolute atomic E-state index is 0. The van der Waals surface area contributed by atoms with Gasteiger partial charge in [0.2, 0.25) is 0 Å². The lowest BCUT2D eigenvalue weighted by molar-refractivity contribution is -0.144. The van der Waals surface area contributed by atoms with Gasteiger partial charge in [0, 0.05) is 37.8 Å². The van der Waals surface area contributed by atoms with Crippen molar-refractivity contribution in [3.05, 3.63) is 28.8 Å². The van der Waals surface area contributed by atoms with Crippen molar-refractivity contribution in [2.24, 2.45) is 5.41 Å². The molecule has 0 bridgehead atoms. The van der Waals surface area contributed by atoms with Gasteiger partial charge in [-0.1, -0.05) is 20.8 Å². The monoisotopic (exact) mass is 434 g/mol. The second kappa shape index (κ2) is 8.67. The number of halogens is 7. The topological polar surface area (TPSA) is 24.5 Å². The summed E-state index contributed by atoms with van der Waals surface area (Å²) in [6, 6.07) is 0.0954. The second-order valence-corrected chi connectivity index (χ2v) is 7.69. The van der Waals surface area contributed by atoms with Crippen LogP contribution in [-0.4, -0.2) is 38.2 Å². The van der Waals surface area contributed by atoms with E-state index >= 15 is 0 Å². The number of rotatable bonds is 3. The average molecular weight is 435 g/mol. The highest BCUT2D eigenvalue weighted by Crippen LogP contribution is 2.49. The highest BCUT2D eigenvalue weighted by atomic mass is 35.5. The minimum Gasteiger partial charge on any atom is -0.496 e. The van der Waals surface area contributed by atoms with Crippen LogP contribution in [0.5, 0.6) is 5.75 Å². The van der Waals surface area contributed by atoms with Crippen molar-refractivity contribution in [3.63, 3.8) is 0 Å². The molecule has 1 aromatic carbocycles. The summed E-state index contributed by atoms with van der Waals surface area (Å²) in [4.78, 5) is 1.87. The van der Waals surface area contributed by atoms with Crippen LogP contribution in [0.25, 0.3) is 0 Å². The standard InChI is InChI=1S/C18H24F6N2O.ClH/c1-16(2,3)15(26-7-5-25-6-8-26)14-12(18(22,23)24)9-11(17(19,20)21)10-13(14)27-4;/h9-10,15,25H,5-8H2,1-4H3;1H/t15-;/m1./s1. The third-order valence-electron chi connectivity index (χ3n) is 4.61. The first-order chi connectivity index (χ1) is 12.3. The normalized spacial score (nSPS) is 17.8. The predicted molar refractivity (Wildman–Crippen MR) is 96.9 cm³/mol. The molecule has 1 N–H and O–H groups in total. The molecule has 1 atom stereocenters. The van der Waals surface area contributed by atoms with Crippen LogP contribution in [0, 0.1) is 5.41 Å². The number of benzene rings is 1. The van der Waals surface area contributed by atoms with E-state index < -0.39 is 40.7 Å². The molecule has 1 saturated heterocycles. The number of ether oxygens (including phenoxy) is 1. The van der Waals surface area contributed by atoms with E-state index in [4.69, 9.17) is 4.74 Å². The number of nitrogens with zero attached hydrogens (tertiary/aromatic N) is 1. The molecule has 10 heteroatoms. The third-order valence-corrected chi connectivity index (χ3v) is 4.61. The van der Waals surface area contributed by atoms with Crippen molar-refractivity contribution in [2.75, 3.05) is 33.3 Å². The summed E-state index contributed by atoms with van der Waals surface area (Å²) < 4.78 is 85.9. The van der Waals surface area contributed by atoms with Crippen LogP contribution >= 0.6 is 12.4 Å². The first kappa shape index (κ1) is 24.8. The Bertz CT molecular complexity index is 664. The molecule has 0 amide bonds. The van der Waals surface area contributed by atoms with Crippen LogP contribution in [0.3, 0.4) is 0 Å². The maximum absolute atomic E-state index is 13.8. The van der Waals surface area contributed by atoms with Gasteiger partial charge in [-0.3, -0.25) is 4.90 Å². The van der Waals surface area contributed by atoms with Crippen molar-refractivity contribution in [1.29, 1.82) is 0 Å². The second-order valence-electron chi connectivity index (χ2n) is 7.69. The molecule has 162 valence electrons. The highest BCUT2D eigenvalue weighted by Gasteiger charge is 2.45. The van der Waals surface area contributed by atoms with Gasteiger partial charge >= 0.3 is 12.4 Å². The van der Waals surface area contributed by atoms with Crippen molar-refractivity contribution in [2.45, 2.75) is 39.2 Å². The summed E-state index contributed by atoms with van der Waals surface area (Å²) in [5.74, 6) is -0.393. The molecule has 0 radical (unpaired) electrons. The van der Waals surface area contributed by atoms with Gasteiger partial charge in [0.1, 0.15) is 5.75 Å². The largest absolute Gasteiger partial charge is 0.496 e. The highest BCUT2D eigenvalue weighted by molar-refractivity contribution is 5.85. The predicted octanol–water partition coefficient (Wildman–Crippen LogP) is 5.15. The number of methoxy groups -OCH3 is 1.